The Hall–Kier alpha value is -3.83. The molecule has 0 saturated carbocycles. The minimum absolute atomic E-state index is 0.0459. The number of hydrogen-bond acceptors (Lipinski definition) is 5. The summed E-state index contributed by atoms with van der Waals surface area (Å²) in [4.78, 5) is 21.2. The van der Waals surface area contributed by atoms with Gasteiger partial charge >= 0.3 is 11.9 Å². The summed E-state index contributed by atoms with van der Waals surface area (Å²) in [5.41, 5.74) is 6.50. The Morgan fingerprint density at radius 1 is 1.03 bits per heavy atom. The molecule has 0 atom stereocenters. The lowest BCUT2D eigenvalue weighted by Gasteiger charge is -2.13. The lowest BCUT2D eigenvalue weighted by Crippen LogP contribution is -2.25. The van der Waals surface area contributed by atoms with Crippen molar-refractivity contribution in [3.8, 4) is 22.4 Å². The van der Waals surface area contributed by atoms with Crippen molar-refractivity contribution in [2.24, 2.45) is 0 Å². The van der Waals surface area contributed by atoms with Crippen molar-refractivity contribution in [1.29, 1.82) is 0 Å². The molecule has 0 aliphatic carbocycles. The Bertz CT molecular complexity index is 1420. The summed E-state index contributed by atoms with van der Waals surface area (Å²) in [6, 6.07) is 6.11. The molecule has 0 saturated heterocycles. The van der Waals surface area contributed by atoms with Crippen LogP contribution in [-0.4, -0.2) is 30.3 Å². The number of fused-ring (bicyclic) bond motifs is 1. The molecular formula is C21H17F5N6O. The number of nitrogens with two attached hydrogens (primary N) is 1. The van der Waals surface area contributed by atoms with E-state index in [9.17, 15) is 26.7 Å². The molecule has 0 unspecified atom stereocenters. The first kappa shape index (κ1) is 22.4. The van der Waals surface area contributed by atoms with Gasteiger partial charge in [0.25, 0.3) is 0 Å². The van der Waals surface area contributed by atoms with E-state index < -0.39 is 42.4 Å². The zero-order chi connectivity index (χ0) is 24.1. The van der Waals surface area contributed by atoms with E-state index in [1.165, 1.54) is 0 Å². The van der Waals surface area contributed by atoms with Crippen LogP contribution in [0, 0.1) is 25.5 Å². The van der Waals surface area contributed by atoms with Crippen LogP contribution in [0.4, 0.5) is 27.9 Å². The topological polar surface area (TPSA) is 91.1 Å². The summed E-state index contributed by atoms with van der Waals surface area (Å²) < 4.78 is 67.9. The molecule has 0 fully saturated rings. The van der Waals surface area contributed by atoms with Crippen LogP contribution in [0.2, 0.25) is 0 Å². The molecule has 3 heterocycles. The summed E-state index contributed by atoms with van der Waals surface area (Å²) in [6.45, 7) is 2.69. The molecule has 3 aromatic heterocycles. The third-order valence-corrected chi connectivity index (χ3v) is 4.92. The highest BCUT2D eigenvalue weighted by atomic mass is 19.4. The summed E-state index contributed by atoms with van der Waals surface area (Å²) >= 11 is 0. The molecule has 0 aliphatic heterocycles. The molecule has 33 heavy (non-hydrogen) atoms. The molecule has 1 aromatic carbocycles. The molecule has 0 bridgehead atoms. The van der Waals surface area contributed by atoms with Crippen molar-refractivity contribution in [2.75, 3.05) is 5.73 Å². The molecule has 7 nitrogen and oxygen atoms in total. The molecule has 4 rings (SSSR count). The third kappa shape index (κ3) is 4.28. The minimum atomic E-state index is -4.51. The molecule has 172 valence electrons. The van der Waals surface area contributed by atoms with Crippen molar-refractivity contribution in [2.45, 2.75) is 33.0 Å². The highest BCUT2D eigenvalue weighted by molar-refractivity contribution is 5.91. The second-order valence-corrected chi connectivity index (χ2v) is 7.49. The second kappa shape index (κ2) is 7.94. The second-order valence-electron chi connectivity index (χ2n) is 7.49. The standard InChI is InChI=1S/C21H17F5N6O/c1-10-7-12(8-11(2)28-10)16-17(14-4-3-13(22)9-15(14)23)29-19(27)32-18(16)30-31(20(32)33)6-5-21(24,25)26/h3-4,7-9H,5-6H2,1-2H3,(H2,27,29). The van der Waals surface area contributed by atoms with Gasteiger partial charge in [-0.1, -0.05) is 0 Å². The maximum absolute atomic E-state index is 14.7. The Labute approximate surface area is 183 Å². The largest absolute Gasteiger partial charge is 0.390 e. The zero-order valence-corrected chi connectivity index (χ0v) is 17.4. The van der Waals surface area contributed by atoms with Gasteiger partial charge in [0.2, 0.25) is 5.95 Å². The highest BCUT2D eigenvalue weighted by Crippen LogP contribution is 2.36. The van der Waals surface area contributed by atoms with Crippen LogP contribution in [0.3, 0.4) is 0 Å². The van der Waals surface area contributed by atoms with Crippen molar-refractivity contribution < 1.29 is 22.0 Å². The van der Waals surface area contributed by atoms with E-state index in [1.54, 1.807) is 26.0 Å². The summed E-state index contributed by atoms with van der Waals surface area (Å²) in [6.07, 6.45) is -5.80. The van der Waals surface area contributed by atoms with Gasteiger partial charge in [-0.3, -0.25) is 4.98 Å². The molecule has 0 radical (unpaired) electrons. The fourth-order valence-corrected chi connectivity index (χ4v) is 3.60. The van der Waals surface area contributed by atoms with Crippen LogP contribution in [0.25, 0.3) is 28.0 Å². The van der Waals surface area contributed by atoms with E-state index in [1.807, 2.05) is 0 Å². The number of pyridine rings is 1. The maximum atomic E-state index is 14.7. The lowest BCUT2D eigenvalue weighted by molar-refractivity contribution is -0.137. The molecule has 0 spiro atoms. The average molecular weight is 464 g/mol. The normalized spacial score (nSPS) is 12.0. The molecule has 2 N–H and O–H groups in total. The van der Waals surface area contributed by atoms with Gasteiger partial charge in [0.1, 0.15) is 11.6 Å². The van der Waals surface area contributed by atoms with E-state index in [0.717, 1.165) is 16.5 Å². The number of anilines is 1. The third-order valence-electron chi connectivity index (χ3n) is 4.92. The smallest absolute Gasteiger partial charge is 0.369 e. The number of rotatable bonds is 4. The van der Waals surface area contributed by atoms with Crippen LogP contribution in [0.1, 0.15) is 17.8 Å². The Morgan fingerprint density at radius 3 is 2.30 bits per heavy atom. The predicted octanol–water partition coefficient (Wildman–Crippen LogP) is 4.05. The van der Waals surface area contributed by atoms with Gasteiger partial charge in [-0.2, -0.15) is 13.2 Å². The van der Waals surface area contributed by atoms with Crippen molar-refractivity contribution >= 4 is 11.6 Å². The lowest BCUT2D eigenvalue weighted by atomic mass is 9.99. The van der Waals surface area contributed by atoms with E-state index in [0.29, 0.717) is 27.7 Å². The van der Waals surface area contributed by atoms with Crippen molar-refractivity contribution in [1.82, 2.24) is 24.1 Å². The van der Waals surface area contributed by atoms with Gasteiger partial charge < -0.3 is 5.73 Å². The maximum Gasteiger partial charge on any atom is 0.390 e. The number of aromatic nitrogens is 5. The first-order chi connectivity index (χ1) is 15.4. The van der Waals surface area contributed by atoms with E-state index >= 15 is 0 Å². The van der Waals surface area contributed by atoms with Crippen molar-refractivity contribution in [3.05, 3.63) is 63.8 Å². The van der Waals surface area contributed by atoms with Gasteiger partial charge in [-0.05, 0) is 43.7 Å². The quantitative estimate of drug-likeness (QED) is 0.460. The fourth-order valence-electron chi connectivity index (χ4n) is 3.60. The van der Waals surface area contributed by atoms with Gasteiger partial charge in [0.15, 0.2) is 5.65 Å². The number of nitrogen functional groups attached to an aromatic ring is 1. The average Bonchev–Trinajstić information content (AvgIpc) is 3.02. The monoisotopic (exact) mass is 464 g/mol. The van der Waals surface area contributed by atoms with Crippen LogP contribution >= 0.6 is 0 Å². The number of alkyl halides is 3. The zero-order valence-electron chi connectivity index (χ0n) is 17.4. The number of halogens is 5. The van der Waals surface area contributed by atoms with Gasteiger partial charge in [-0.15, -0.1) is 5.10 Å². The molecule has 0 aliphatic rings. The Balaban J connectivity index is 2.08. The molecule has 12 heteroatoms. The SMILES string of the molecule is Cc1cc(-c2c(-c3ccc(F)cc3F)nc(N)n3c(=O)n(CCC(F)(F)F)nc23)cc(C)n1. The Morgan fingerprint density at radius 2 is 1.70 bits per heavy atom. The minimum Gasteiger partial charge on any atom is -0.369 e. The first-order valence-electron chi connectivity index (χ1n) is 9.71. The summed E-state index contributed by atoms with van der Waals surface area (Å²) in [5, 5.41) is 4.08. The van der Waals surface area contributed by atoms with Gasteiger partial charge in [-0.25, -0.2) is 27.6 Å². The van der Waals surface area contributed by atoms with Gasteiger partial charge in [0, 0.05) is 23.0 Å². The van der Waals surface area contributed by atoms with Crippen LogP contribution in [0.15, 0.2) is 35.1 Å². The predicted molar refractivity (Wildman–Crippen MR) is 110 cm³/mol. The first-order valence-corrected chi connectivity index (χ1v) is 9.71. The highest BCUT2D eigenvalue weighted by Gasteiger charge is 2.29. The van der Waals surface area contributed by atoms with Crippen molar-refractivity contribution in [3.63, 3.8) is 0 Å². The van der Waals surface area contributed by atoms with Crippen LogP contribution in [0.5, 0.6) is 0 Å². The summed E-state index contributed by atoms with van der Waals surface area (Å²) in [5.74, 6) is -2.15. The number of aryl methyl sites for hydroxylation is 3. The van der Waals surface area contributed by atoms with E-state index in [-0.39, 0.29) is 22.5 Å². The van der Waals surface area contributed by atoms with E-state index in [2.05, 4.69) is 15.1 Å². The summed E-state index contributed by atoms with van der Waals surface area (Å²) in [7, 11) is 0. The molecule has 4 aromatic rings. The molecular weight excluding hydrogens is 447 g/mol. The Kier molecular flexibility index (Phi) is 5.38. The number of nitrogens with zero attached hydrogens (tertiary/aromatic N) is 5. The molecule has 0 amide bonds. The van der Waals surface area contributed by atoms with Crippen LogP contribution < -0.4 is 11.4 Å². The fraction of sp³-hybridized carbons (Fsp3) is 0.238. The van der Waals surface area contributed by atoms with Gasteiger partial charge in [0.05, 0.1) is 24.2 Å². The number of benzene rings is 1. The van der Waals surface area contributed by atoms with E-state index in [4.69, 9.17) is 5.73 Å². The number of hydrogen-bond donors (Lipinski definition) is 1. The van der Waals surface area contributed by atoms with Crippen LogP contribution in [-0.2, 0) is 6.54 Å².